The van der Waals surface area contributed by atoms with Crippen LogP contribution >= 0.6 is 0 Å². The molecule has 0 aromatic rings. The molecule has 31 heavy (non-hydrogen) atoms. The van der Waals surface area contributed by atoms with Crippen LogP contribution < -0.4 is 10.9 Å². The summed E-state index contributed by atoms with van der Waals surface area (Å²) in [6.45, 7) is 5.04. The van der Waals surface area contributed by atoms with Crippen molar-refractivity contribution in [3.05, 3.63) is 12.2 Å². The summed E-state index contributed by atoms with van der Waals surface area (Å²) in [5, 5.41) is 22.3. The van der Waals surface area contributed by atoms with Crippen LogP contribution in [0.5, 0.6) is 0 Å². The van der Waals surface area contributed by atoms with Gasteiger partial charge in [-0.25, -0.2) is 16.0 Å². The summed E-state index contributed by atoms with van der Waals surface area (Å²) < 4.78 is 5.59. The Morgan fingerprint density at radius 1 is 1.26 bits per heavy atom. The second-order valence-corrected chi connectivity index (χ2v) is 9.59. The van der Waals surface area contributed by atoms with Gasteiger partial charge in [-0.3, -0.25) is 4.79 Å². The van der Waals surface area contributed by atoms with Gasteiger partial charge in [-0.05, 0) is 55.8 Å². The lowest BCUT2D eigenvalue weighted by Crippen LogP contribution is -2.50. The number of unbranched alkanes of at least 4 members (excludes halogenated alkanes) is 1. The van der Waals surface area contributed by atoms with Gasteiger partial charge in [0.2, 0.25) is 0 Å². The smallest absolute Gasteiger partial charge is 0.277 e. The summed E-state index contributed by atoms with van der Waals surface area (Å²) in [6.07, 6.45) is 11.7. The molecular formula is C24H45N3O4. The number of aliphatic hydroxyl groups excluding tert-OH is 2. The molecule has 2 aliphatic carbocycles. The Morgan fingerprint density at radius 2 is 2.00 bits per heavy atom. The molecule has 1 amide bonds. The Labute approximate surface area is 188 Å². The predicted molar refractivity (Wildman–Crippen MR) is 123 cm³/mol. The number of aliphatic hydroxyl groups is 2. The zero-order valence-electron chi connectivity index (χ0n) is 19.9. The molecule has 2 aliphatic rings. The van der Waals surface area contributed by atoms with Crippen molar-refractivity contribution in [2.45, 2.75) is 77.4 Å². The van der Waals surface area contributed by atoms with E-state index in [1.807, 2.05) is 6.08 Å². The minimum absolute atomic E-state index is 0.0555. The van der Waals surface area contributed by atoms with Gasteiger partial charge in [-0.15, -0.1) is 0 Å². The Balaban J connectivity index is 1.73. The van der Waals surface area contributed by atoms with Gasteiger partial charge >= 0.3 is 0 Å². The predicted octanol–water partition coefficient (Wildman–Crippen LogP) is 2.65. The number of nitrogens with one attached hydrogen (secondary N) is 2. The summed E-state index contributed by atoms with van der Waals surface area (Å²) >= 11 is 0. The summed E-state index contributed by atoms with van der Waals surface area (Å²) in [4.78, 5) is 11.9. The molecule has 2 rings (SSSR count). The van der Waals surface area contributed by atoms with Crippen molar-refractivity contribution in [3.8, 4) is 0 Å². The lowest BCUT2D eigenvalue weighted by atomic mass is 9.89. The van der Waals surface area contributed by atoms with E-state index in [0.717, 1.165) is 38.5 Å². The highest BCUT2D eigenvalue weighted by atomic mass is 16.5. The zero-order valence-corrected chi connectivity index (χ0v) is 19.9. The van der Waals surface area contributed by atoms with Crippen LogP contribution in [0.4, 0.5) is 0 Å². The molecule has 4 N–H and O–H groups in total. The molecule has 0 radical (unpaired) electrons. The Bertz CT molecular complexity index is 555. The topological polar surface area (TPSA) is 94.1 Å². The van der Waals surface area contributed by atoms with Gasteiger partial charge in [0.1, 0.15) is 6.61 Å². The molecule has 0 aromatic heterocycles. The van der Waals surface area contributed by atoms with Crippen LogP contribution in [0.1, 0.15) is 65.2 Å². The molecule has 0 unspecified atom stereocenters. The van der Waals surface area contributed by atoms with Crippen molar-refractivity contribution < 1.29 is 19.7 Å². The lowest BCUT2D eigenvalue weighted by molar-refractivity contribution is -0.142. The third-order valence-electron chi connectivity index (χ3n) is 7.17. The largest absolute Gasteiger partial charge is 0.392 e. The Kier molecular flexibility index (Phi) is 11.5. The number of ether oxygens (including phenoxy) is 1. The standard InChI is InChI=1S/C24H45N3O4/c1-5-6-7-17(2)12-20(28)8-9-21-22-14-18(13-19(22)15-23(21)29)10-11-31-16-24(30)27(25-3)26-4/h8-9,17-23,25-26,28-29H,5-7,10-16H2,1-4H3/b9-8+/t17-,18+,19-,20-,21+,22-,23+/m0/s1. The van der Waals surface area contributed by atoms with Gasteiger partial charge in [0.25, 0.3) is 5.91 Å². The maximum absolute atomic E-state index is 11.9. The van der Waals surface area contributed by atoms with Gasteiger partial charge in [-0.2, -0.15) is 0 Å². The fourth-order valence-electron chi connectivity index (χ4n) is 5.53. The van der Waals surface area contributed by atoms with E-state index >= 15 is 0 Å². The van der Waals surface area contributed by atoms with E-state index < -0.39 is 6.10 Å². The molecule has 7 atom stereocenters. The SMILES string of the molecule is CCCC[C@H](C)C[C@@H](O)/C=C/[C@@H]1[C@H]2C[C@H](CCOCC(=O)N(NC)NC)C[C@H]2C[C@H]1O. The molecule has 7 heteroatoms. The Hall–Kier alpha value is -0.990. The molecular weight excluding hydrogens is 394 g/mol. The number of rotatable bonds is 14. The molecule has 0 bridgehead atoms. The molecule has 0 aromatic carbocycles. The quantitative estimate of drug-likeness (QED) is 0.189. The van der Waals surface area contributed by atoms with Gasteiger partial charge < -0.3 is 14.9 Å². The summed E-state index contributed by atoms with van der Waals surface area (Å²) in [7, 11) is 3.36. The van der Waals surface area contributed by atoms with Crippen LogP contribution in [-0.4, -0.2) is 60.8 Å². The first kappa shape index (κ1) is 26.3. The van der Waals surface area contributed by atoms with Crippen molar-refractivity contribution in [3.63, 3.8) is 0 Å². The molecule has 0 heterocycles. The number of carbonyl (C=O) groups excluding carboxylic acids is 1. The average molecular weight is 440 g/mol. The number of hydrogen-bond donors (Lipinski definition) is 4. The number of fused-ring (bicyclic) bond motifs is 1. The highest BCUT2D eigenvalue weighted by Crippen LogP contribution is 2.51. The monoisotopic (exact) mass is 439 g/mol. The molecule has 7 nitrogen and oxygen atoms in total. The van der Waals surface area contributed by atoms with E-state index in [-0.39, 0.29) is 24.5 Å². The molecule has 0 spiro atoms. The maximum atomic E-state index is 11.9. The van der Waals surface area contributed by atoms with Gasteiger partial charge in [0.15, 0.2) is 0 Å². The lowest BCUT2D eigenvalue weighted by Gasteiger charge is -2.20. The molecule has 2 fully saturated rings. The van der Waals surface area contributed by atoms with E-state index in [1.54, 1.807) is 14.1 Å². The molecule has 0 aliphatic heterocycles. The molecule has 2 saturated carbocycles. The number of hydrogen-bond acceptors (Lipinski definition) is 6. The number of amides is 1. The van der Waals surface area contributed by atoms with Gasteiger partial charge in [0, 0.05) is 26.6 Å². The fourth-order valence-corrected chi connectivity index (χ4v) is 5.53. The molecule has 180 valence electrons. The second-order valence-electron chi connectivity index (χ2n) is 9.59. The maximum Gasteiger partial charge on any atom is 0.277 e. The first-order valence-electron chi connectivity index (χ1n) is 12.2. The van der Waals surface area contributed by atoms with Crippen LogP contribution in [0.25, 0.3) is 0 Å². The number of nitrogens with zero attached hydrogens (tertiary/aromatic N) is 1. The van der Waals surface area contributed by atoms with E-state index in [4.69, 9.17) is 4.74 Å². The van der Waals surface area contributed by atoms with E-state index in [2.05, 4.69) is 30.8 Å². The molecule has 0 saturated heterocycles. The summed E-state index contributed by atoms with van der Waals surface area (Å²) in [5.41, 5.74) is 5.51. The van der Waals surface area contributed by atoms with Crippen LogP contribution in [0.15, 0.2) is 12.2 Å². The minimum Gasteiger partial charge on any atom is -0.392 e. The van der Waals surface area contributed by atoms with Crippen molar-refractivity contribution in [1.29, 1.82) is 0 Å². The zero-order chi connectivity index (χ0) is 22.8. The number of hydrazine groups is 2. The van der Waals surface area contributed by atoms with Gasteiger partial charge in [0.05, 0.1) is 12.2 Å². The van der Waals surface area contributed by atoms with Crippen LogP contribution in [0.2, 0.25) is 0 Å². The average Bonchev–Trinajstić information content (AvgIpc) is 3.25. The second kappa shape index (κ2) is 13.5. The van der Waals surface area contributed by atoms with Crippen LogP contribution in [0.3, 0.4) is 0 Å². The van der Waals surface area contributed by atoms with Crippen molar-refractivity contribution >= 4 is 5.91 Å². The van der Waals surface area contributed by atoms with Crippen LogP contribution in [-0.2, 0) is 9.53 Å². The third kappa shape index (κ3) is 8.13. The van der Waals surface area contributed by atoms with Crippen LogP contribution in [0, 0.1) is 29.6 Å². The fraction of sp³-hybridized carbons (Fsp3) is 0.875. The van der Waals surface area contributed by atoms with E-state index in [0.29, 0.717) is 30.3 Å². The first-order chi connectivity index (χ1) is 14.9. The van der Waals surface area contributed by atoms with Crippen molar-refractivity contribution in [2.75, 3.05) is 27.3 Å². The highest BCUT2D eigenvalue weighted by molar-refractivity contribution is 5.76. The summed E-state index contributed by atoms with van der Waals surface area (Å²) in [5.74, 6) is 2.16. The minimum atomic E-state index is -0.420. The van der Waals surface area contributed by atoms with Crippen molar-refractivity contribution in [2.24, 2.45) is 29.6 Å². The third-order valence-corrected chi connectivity index (χ3v) is 7.17. The van der Waals surface area contributed by atoms with E-state index in [9.17, 15) is 15.0 Å². The first-order valence-corrected chi connectivity index (χ1v) is 12.2. The van der Waals surface area contributed by atoms with E-state index in [1.165, 1.54) is 18.0 Å². The number of carbonyl (C=O) groups is 1. The summed E-state index contributed by atoms with van der Waals surface area (Å²) in [6, 6.07) is 0. The van der Waals surface area contributed by atoms with Crippen molar-refractivity contribution in [1.82, 2.24) is 16.0 Å². The van der Waals surface area contributed by atoms with Gasteiger partial charge in [-0.1, -0.05) is 45.3 Å². The normalized spacial score (nSPS) is 29.9. The Morgan fingerprint density at radius 3 is 2.68 bits per heavy atom. The highest BCUT2D eigenvalue weighted by Gasteiger charge is 2.46.